The Morgan fingerprint density at radius 2 is 1.94 bits per heavy atom. The number of nitrogens with two attached hydrogens (primary N) is 1. The van der Waals surface area contributed by atoms with Crippen LogP contribution >= 0.6 is 0 Å². The van der Waals surface area contributed by atoms with Crippen molar-refractivity contribution in [1.29, 1.82) is 0 Å². The monoisotopic (exact) mass is 248 g/mol. The maximum absolute atomic E-state index is 12.0. The number of nitrogens with one attached hydrogen (secondary N) is 1. The molecule has 0 aromatic heterocycles. The number of amides is 1. The zero-order chi connectivity index (χ0) is 13.5. The van der Waals surface area contributed by atoms with Crippen LogP contribution in [0.5, 0.6) is 5.75 Å². The molecule has 0 saturated heterocycles. The van der Waals surface area contributed by atoms with Gasteiger partial charge in [0.15, 0.2) is 0 Å². The fourth-order valence-corrected chi connectivity index (χ4v) is 2.85. The van der Waals surface area contributed by atoms with E-state index in [0.717, 1.165) is 40.8 Å². The van der Waals surface area contributed by atoms with Gasteiger partial charge in [0.2, 0.25) is 5.91 Å². The lowest BCUT2D eigenvalue weighted by atomic mass is 9.85. The Morgan fingerprint density at radius 1 is 1.33 bits per heavy atom. The summed E-state index contributed by atoms with van der Waals surface area (Å²) < 4.78 is 5.36. The maximum Gasteiger partial charge on any atom is 0.244 e. The topological polar surface area (TPSA) is 64.3 Å². The molecule has 0 unspecified atom stereocenters. The molecule has 0 bridgehead atoms. The minimum atomic E-state index is -0.417. The Labute approximate surface area is 107 Å². The van der Waals surface area contributed by atoms with Crippen molar-refractivity contribution >= 4 is 5.91 Å². The van der Waals surface area contributed by atoms with Crippen LogP contribution in [0.2, 0.25) is 0 Å². The fourth-order valence-electron chi connectivity index (χ4n) is 2.85. The van der Waals surface area contributed by atoms with Gasteiger partial charge in [-0.2, -0.15) is 0 Å². The normalized spacial score (nSPS) is 16.3. The lowest BCUT2D eigenvalue weighted by Crippen LogP contribution is -2.40. The van der Waals surface area contributed by atoms with E-state index < -0.39 is 5.41 Å². The van der Waals surface area contributed by atoms with E-state index in [1.54, 1.807) is 7.11 Å². The Hall–Kier alpha value is -1.55. The summed E-state index contributed by atoms with van der Waals surface area (Å²) in [4.78, 5) is 12.0. The van der Waals surface area contributed by atoms with Crippen molar-refractivity contribution in [2.75, 3.05) is 7.11 Å². The van der Waals surface area contributed by atoms with E-state index in [2.05, 4.69) is 5.43 Å². The molecule has 0 radical (unpaired) electrons. The molecule has 0 heterocycles. The summed E-state index contributed by atoms with van der Waals surface area (Å²) in [7, 11) is 1.67. The third kappa shape index (κ3) is 1.68. The first-order valence-electron chi connectivity index (χ1n) is 6.14. The zero-order valence-electron chi connectivity index (χ0n) is 11.4. The van der Waals surface area contributed by atoms with E-state index in [-0.39, 0.29) is 5.91 Å². The number of carbonyl (C=O) groups excluding carboxylic acids is 1. The standard InChI is InChI=1S/C14H20N2O2/c1-8-7-11(18-4)9(2)10(3)12(8)14(5-6-14)13(17)16-15/h7H,5-6,15H2,1-4H3,(H,16,17). The van der Waals surface area contributed by atoms with Gasteiger partial charge in [-0.05, 0) is 61.9 Å². The van der Waals surface area contributed by atoms with Crippen molar-refractivity contribution in [1.82, 2.24) is 5.43 Å². The lowest BCUT2D eigenvalue weighted by Gasteiger charge is -2.22. The highest BCUT2D eigenvalue weighted by Crippen LogP contribution is 2.51. The maximum atomic E-state index is 12.0. The summed E-state index contributed by atoms with van der Waals surface area (Å²) >= 11 is 0. The highest BCUT2D eigenvalue weighted by Gasteiger charge is 2.52. The van der Waals surface area contributed by atoms with E-state index >= 15 is 0 Å². The van der Waals surface area contributed by atoms with Crippen molar-refractivity contribution < 1.29 is 9.53 Å². The number of hydrazine groups is 1. The molecule has 0 spiro atoms. The summed E-state index contributed by atoms with van der Waals surface area (Å²) in [5.41, 5.74) is 6.31. The molecule has 18 heavy (non-hydrogen) atoms. The van der Waals surface area contributed by atoms with Crippen LogP contribution < -0.4 is 16.0 Å². The Bertz CT molecular complexity index is 505. The molecule has 1 aromatic carbocycles. The number of ether oxygens (including phenoxy) is 1. The van der Waals surface area contributed by atoms with Crippen LogP contribution in [0.15, 0.2) is 6.07 Å². The first-order chi connectivity index (χ1) is 8.47. The van der Waals surface area contributed by atoms with Crippen LogP contribution in [-0.2, 0) is 10.2 Å². The SMILES string of the molecule is COc1cc(C)c(C2(C(=O)NN)CC2)c(C)c1C. The molecular weight excluding hydrogens is 228 g/mol. The van der Waals surface area contributed by atoms with Crippen LogP contribution in [0, 0.1) is 20.8 Å². The van der Waals surface area contributed by atoms with Gasteiger partial charge in [-0.25, -0.2) is 5.84 Å². The zero-order valence-corrected chi connectivity index (χ0v) is 11.4. The first kappa shape index (κ1) is 12.9. The van der Waals surface area contributed by atoms with Gasteiger partial charge in [0.1, 0.15) is 5.75 Å². The summed E-state index contributed by atoms with van der Waals surface area (Å²) in [5.74, 6) is 6.09. The van der Waals surface area contributed by atoms with Crippen LogP contribution in [0.3, 0.4) is 0 Å². The first-order valence-corrected chi connectivity index (χ1v) is 6.14. The molecule has 98 valence electrons. The molecule has 4 heteroatoms. The second-order valence-electron chi connectivity index (χ2n) is 5.08. The Balaban J connectivity index is 2.59. The minimum absolute atomic E-state index is 0.0849. The third-order valence-electron chi connectivity index (χ3n) is 4.06. The average Bonchev–Trinajstić information content (AvgIpc) is 3.14. The van der Waals surface area contributed by atoms with E-state index in [0.29, 0.717) is 0 Å². The molecule has 0 aliphatic heterocycles. The molecule has 1 amide bonds. The molecule has 1 aliphatic rings. The summed E-state index contributed by atoms with van der Waals surface area (Å²) in [6.07, 6.45) is 1.73. The van der Waals surface area contributed by atoms with Gasteiger partial charge in [0.25, 0.3) is 0 Å². The van der Waals surface area contributed by atoms with E-state index in [1.807, 2.05) is 26.8 Å². The number of carbonyl (C=O) groups is 1. The van der Waals surface area contributed by atoms with Gasteiger partial charge in [-0.3, -0.25) is 10.2 Å². The quantitative estimate of drug-likeness (QED) is 0.485. The predicted molar refractivity (Wildman–Crippen MR) is 70.4 cm³/mol. The van der Waals surface area contributed by atoms with Crippen molar-refractivity contribution in [3.8, 4) is 5.75 Å². The number of methoxy groups -OCH3 is 1. The van der Waals surface area contributed by atoms with Crippen molar-refractivity contribution in [3.63, 3.8) is 0 Å². The van der Waals surface area contributed by atoms with Crippen LogP contribution in [0.1, 0.15) is 35.1 Å². The number of aryl methyl sites for hydroxylation is 1. The average molecular weight is 248 g/mol. The Morgan fingerprint density at radius 3 is 2.39 bits per heavy atom. The summed E-state index contributed by atoms with van der Waals surface area (Å²) in [6, 6.07) is 2.00. The second kappa shape index (κ2) is 4.28. The smallest absolute Gasteiger partial charge is 0.244 e. The van der Waals surface area contributed by atoms with Crippen molar-refractivity contribution in [3.05, 3.63) is 28.3 Å². The highest BCUT2D eigenvalue weighted by atomic mass is 16.5. The van der Waals surface area contributed by atoms with Gasteiger partial charge < -0.3 is 4.74 Å². The van der Waals surface area contributed by atoms with E-state index in [4.69, 9.17) is 10.6 Å². The Kier molecular flexibility index (Phi) is 3.07. The summed E-state index contributed by atoms with van der Waals surface area (Å²) in [5, 5.41) is 0. The number of benzene rings is 1. The van der Waals surface area contributed by atoms with Gasteiger partial charge in [-0.15, -0.1) is 0 Å². The molecule has 1 aromatic rings. The highest BCUT2D eigenvalue weighted by molar-refractivity contribution is 5.92. The van der Waals surface area contributed by atoms with Gasteiger partial charge >= 0.3 is 0 Å². The van der Waals surface area contributed by atoms with Crippen molar-refractivity contribution in [2.24, 2.45) is 5.84 Å². The molecule has 1 aliphatic carbocycles. The van der Waals surface area contributed by atoms with E-state index in [1.165, 1.54) is 0 Å². The molecule has 0 atom stereocenters. The lowest BCUT2D eigenvalue weighted by molar-refractivity contribution is -0.123. The molecule has 2 rings (SSSR count). The minimum Gasteiger partial charge on any atom is -0.496 e. The molecule has 1 saturated carbocycles. The fraction of sp³-hybridized carbons (Fsp3) is 0.500. The molecule has 3 N–H and O–H groups in total. The number of rotatable bonds is 3. The molecule has 1 fully saturated rings. The number of hydrogen-bond acceptors (Lipinski definition) is 3. The largest absolute Gasteiger partial charge is 0.496 e. The molecule has 4 nitrogen and oxygen atoms in total. The second-order valence-corrected chi connectivity index (χ2v) is 5.08. The van der Waals surface area contributed by atoms with Crippen LogP contribution in [0.4, 0.5) is 0 Å². The van der Waals surface area contributed by atoms with Gasteiger partial charge in [-0.1, -0.05) is 0 Å². The van der Waals surface area contributed by atoms with Gasteiger partial charge in [0, 0.05) is 0 Å². The van der Waals surface area contributed by atoms with Gasteiger partial charge in [0.05, 0.1) is 12.5 Å². The summed E-state index contributed by atoms with van der Waals surface area (Å²) in [6.45, 7) is 6.09. The van der Waals surface area contributed by atoms with Crippen LogP contribution in [0.25, 0.3) is 0 Å². The third-order valence-corrected chi connectivity index (χ3v) is 4.06. The van der Waals surface area contributed by atoms with Crippen molar-refractivity contribution in [2.45, 2.75) is 39.0 Å². The molecular formula is C14H20N2O2. The van der Waals surface area contributed by atoms with Crippen LogP contribution in [-0.4, -0.2) is 13.0 Å². The van der Waals surface area contributed by atoms with E-state index in [9.17, 15) is 4.79 Å². The predicted octanol–water partition coefficient (Wildman–Crippen LogP) is 1.64. The number of hydrogen-bond donors (Lipinski definition) is 2.